The second-order valence-electron chi connectivity index (χ2n) is 5.08. The average Bonchev–Trinajstić information content (AvgIpc) is 2.59. The zero-order valence-corrected chi connectivity index (χ0v) is 14.3. The fraction of sp³-hybridized carbons (Fsp3) is 0.125. The van der Waals surface area contributed by atoms with Crippen LogP contribution in [-0.2, 0) is 6.54 Å². The lowest BCUT2D eigenvalue weighted by Gasteiger charge is -2.11. The predicted octanol–water partition coefficient (Wildman–Crippen LogP) is 3.90. The topological polar surface area (TPSA) is 134 Å². The van der Waals surface area contributed by atoms with Gasteiger partial charge in [0.1, 0.15) is 11.6 Å². The van der Waals surface area contributed by atoms with Crippen LogP contribution in [-0.4, -0.2) is 14.6 Å². The molecule has 0 saturated heterocycles. The maximum Gasteiger partial charge on any atom is 0.298 e. The average molecular weight is 374 g/mol. The second kappa shape index (κ2) is 7.58. The van der Waals surface area contributed by atoms with Gasteiger partial charge in [-0.3, -0.25) is 19.5 Å². The van der Waals surface area contributed by atoms with Crippen LogP contribution in [0.3, 0.4) is 0 Å². The standard InChI is InChI=1S/C16H12ClN5O4/c1-3-6-21-15(23)11(8-18)9(2)14(16(21)24)20-19-12-5-4-10(17)7-13(12)22(25)26/h3-5,7,23H,1,6H2,2H3. The summed E-state index contributed by atoms with van der Waals surface area (Å²) in [6, 6.07) is 5.58. The Balaban J connectivity index is 2.68. The van der Waals surface area contributed by atoms with Crippen LogP contribution in [0.2, 0.25) is 5.02 Å². The Hall–Kier alpha value is -3.51. The van der Waals surface area contributed by atoms with Crippen molar-refractivity contribution < 1.29 is 10.0 Å². The highest BCUT2D eigenvalue weighted by Crippen LogP contribution is 2.32. The molecule has 0 radical (unpaired) electrons. The lowest BCUT2D eigenvalue weighted by Crippen LogP contribution is -2.21. The molecule has 0 atom stereocenters. The van der Waals surface area contributed by atoms with Crippen LogP contribution in [0.1, 0.15) is 11.1 Å². The minimum Gasteiger partial charge on any atom is -0.493 e. The molecule has 0 amide bonds. The van der Waals surface area contributed by atoms with Crippen LogP contribution in [0, 0.1) is 28.4 Å². The Kier molecular flexibility index (Phi) is 5.49. The lowest BCUT2D eigenvalue weighted by molar-refractivity contribution is -0.384. The van der Waals surface area contributed by atoms with E-state index in [1.54, 1.807) is 6.07 Å². The highest BCUT2D eigenvalue weighted by atomic mass is 35.5. The number of azo groups is 1. The Morgan fingerprint density at radius 2 is 2.19 bits per heavy atom. The van der Waals surface area contributed by atoms with E-state index in [2.05, 4.69) is 16.8 Å². The number of aromatic hydroxyl groups is 1. The fourth-order valence-electron chi connectivity index (χ4n) is 2.19. The molecule has 0 unspecified atom stereocenters. The number of nitro benzene ring substituents is 1. The van der Waals surface area contributed by atoms with Crippen molar-refractivity contribution in [3.8, 4) is 11.9 Å². The highest BCUT2D eigenvalue weighted by molar-refractivity contribution is 6.30. The smallest absolute Gasteiger partial charge is 0.298 e. The molecule has 0 bridgehead atoms. The predicted molar refractivity (Wildman–Crippen MR) is 94.3 cm³/mol. The van der Waals surface area contributed by atoms with Crippen LogP contribution in [0.25, 0.3) is 0 Å². The summed E-state index contributed by atoms with van der Waals surface area (Å²) in [5.41, 5.74) is -1.46. The Morgan fingerprint density at radius 3 is 2.77 bits per heavy atom. The first-order valence-electron chi connectivity index (χ1n) is 7.14. The molecule has 9 nitrogen and oxygen atoms in total. The molecule has 0 aliphatic heterocycles. The zero-order chi connectivity index (χ0) is 19.4. The summed E-state index contributed by atoms with van der Waals surface area (Å²) in [7, 11) is 0. The van der Waals surface area contributed by atoms with Gasteiger partial charge in [0, 0.05) is 23.2 Å². The first-order valence-corrected chi connectivity index (χ1v) is 7.52. The van der Waals surface area contributed by atoms with Crippen LogP contribution < -0.4 is 5.56 Å². The van der Waals surface area contributed by atoms with E-state index in [9.17, 15) is 25.3 Å². The van der Waals surface area contributed by atoms with Crippen molar-refractivity contribution >= 4 is 28.7 Å². The molecule has 132 valence electrons. The molecule has 0 aliphatic carbocycles. The lowest BCUT2D eigenvalue weighted by atomic mass is 10.1. The Labute approximate surface area is 152 Å². The summed E-state index contributed by atoms with van der Waals surface area (Å²) in [5, 5.41) is 38.1. The molecule has 0 fully saturated rings. The van der Waals surface area contributed by atoms with Gasteiger partial charge in [-0.15, -0.1) is 16.8 Å². The van der Waals surface area contributed by atoms with E-state index in [1.807, 2.05) is 0 Å². The number of pyridine rings is 1. The van der Waals surface area contributed by atoms with Crippen LogP contribution >= 0.6 is 11.6 Å². The van der Waals surface area contributed by atoms with E-state index in [1.165, 1.54) is 25.1 Å². The molecule has 26 heavy (non-hydrogen) atoms. The van der Waals surface area contributed by atoms with Crippen molar-refractivity contribution in [2.45, 2.75) is 13.5 Å². The number of nitrogens with zero attached hydrogens (tertiary/aromatic N) is 5. The molecule has 0 spiro atoms. The van der Waals surface area contributed by atoms with E-state index < -0.39 is 16.4 Å². The first-order chi connectivity index (χ1) is 12.3. The molecule has 0 saturated carbocycles. The van der Waals surface area contributed by atoms with Gasteiger partial charge in [0.05, 0.1) is 4.92 Å². The molecular formula is C16H12ClN5O4. The van der Waals surface area contributed by atoms with Crippen molar-refractivity contribution in [2.24, 2.45) is 10.2 Å². The summed E-state index contributed by atoms with van der Waals surface area (Å²) < 4.78 is 0.906. The van der Waals surface area contributed by atoms with Gasteiger partial charge in [-0.05, 0) is 19.1 Å². The number of hydrogen-bond donors (Lipinski definition) is 1. The van der Waals surface area contributed by atoms with Gasteiger partial charge >= 0.3 is 0 Å². The van der Waals surface area contributed by atoms with Gasteiger partial charge < -0.3 is 5.11 Å². The maximum absolute atomic E-state index is 12.5. The number of nitriles is 1. The van der Waals surface area contributed by atoms with E-state index in [0.717, 1.165) is 10.6 Å². The number of halogens is 1. The summed E-state index contributed by atoms with van der Waals surface area (Å²) in [6.45, 7) is 4.85. The van der Waals surface area contributed by atoms with Gasteiger partial charge in [0.15, 0.2) is 11.4 Å². The molecule has 1 aromatic heterocycles. The van der Waals surface area contributed by atoms with Gasteiger partial charge in [0.2, 0.25) is 5.88 Å². The SMILES string of the molecule is C=CCn1c(O)c(C#N)c(C)c(N=Nc2ccc(Cl)cc2[N+](=O)[O-])c1=O. The summed E-state index contributed by atoms with van der Waals surface area (Å²) >= 11 is 5.74. The van der Waals surface area contributed by atoms with Gasteiger partial charge in [-0.25, -0.2) is 0 Å². The van der Waals surface area contributed by atoms with E-state index in [0.29, 0.717) is 0 Å². The minimum absolute atomic E-state index is 0.0523. The first kappa shape index (κ1) is 18.8. The molecule has 10 heteroatoms. The minimum atomic E-state index is -0.709. The Morgan fingerprint density at radius 1 is 1.50 bits per heavy atom. The van der Waals surface area contributed by atoms with Gasteiger partial charge in [-0.2, -0.15) is 5.26 Å². The number of allylic oxidation sites excluding steroid dienone is 1. The number of nitro groups is 1. The van der Waals surface area contributed by atoms with Gasteiger partial charge in [-0.1, -0.05) is 17.7 Å². The molecule has 2 aromatic rings. The van der Waals surface area contributed by atoms with Crippen molar-refractivity contribution in [3.63, 3.8) is 0 Å². The third-order valence-corrected chi connectivity index (χ3v) is 3.71. The van der Waals surface area contributed by atoms with Crippen LogP contribution in [0.4, 0.5) is 17.1 Å². The quantitative estimate of drug-likeness (QED) is 0.367. The summed E-state index contributed by atoms with van der Waals surface area (Å²) in [4.78, 5) is 22.9. The van der Waals surface area contributed by atoms with Crippen molar-refractivity contribution in [1.29, 1.82) is 5.26 Å². The normalized spacial score (nSPS) is 10.7. The molecular weight excluding hydrogens is 362 g/mol. The van der Waals surface area contributed by atoms with Crippen LogP contribution in [0.5, 0.6) is 5.88 Å². The third kappa shape index (κ3) is 3.45. The Bertz CT molecular complexity index is 1040. The summed E-state index contributed by atoms with van der Waals surface area (Å²) in [5.74, 6) is -0.508. The number of rotatable bonds is 5. The van der Waals surface area contributed by atoms with Crippen molar-refractivity contribution in [2.75, 3.05) is 0 Å². The third-order valence-electron chi connectivity index (χ3n) is 3.47. The molecule has 1 heterocycles. The zero-order valence-electron chi connectivity index (χ0n) is 13.5. The maximum atomic E-state index is 12.5. The van der Waals surface area contributed by atoms with E-state index >= 15 is 0 Å². The van der Waals surface area contributed by atoms with Crippen molar-refractivity contribution in [1.82, 2.24) is 4.57 Å². The number of benzene rings is 1. The van der Waals surface area contributed by atoms with Gasteiger partial charge in [0.25, 0.3) is 11.2 Å². The molecule has 2 rings (SSSR count). The molecule has 1 aromatic carbocycles. The van der Waals surface area contributed by atoms with E-state index in [4.69, 9.17) is 11.6 Å². The highest BCUT2D eigenvalue weighted by Gasteiger charge is 2.19. The van der Waals surface area contributed by atoms with Crippen LogP contribution in [0.15, 0.2) is 45.9 Å². The number of aromatic nitrogens is 1. The summed E-state index contributed by atoms with van der Waals surface area (Å²) in [6.07, 6.45) is 1.36. The number of hydrogen-bond acceptors (Lipinski definition) is 7. The monoisotopic (exact) mass is 373 g/mol. The fourth-order valence-corrected chi connectivity index (χ4v) is 2.35. The molecule has 1 N–H and O–H groups in total. The largest absolute Gasteiger partial charge is 0.493 e. The second-order valence-corrected chi connectivity index (χ2v) is 5.52. The van der Waals surface area contributed by atoms with E-state index in [-0.39, 0.29) is 39.8 Å². The molecule has 0 aliphatic rings. The van der Waals surface area contributed by atoms with Crippen molar-refractivity contribution in [3.05, 3.63) is 67.5 Å².